The number of carbonyl (C=O) groups excluding carboxylic acids is 1. The largest absolute Gasteiger partial charge is 0.335 e. The Kier molecular flexibility index (Phi) is 5.06. The summed E-state index contributed by atoms with van der Waals surface area (Å²) in [5, 5.41) is 6.53. The maximum atomic E-state index is 12.1. The van der Waals surface area contributed by atoms with Gasteiger partial charge in [-0.25, -0.2) is 4.98 Å². The number of nitrogens with two attached hydrogens (primary N) is 1. The van der Waals surface area contributed by atoms with Gasteiger partial charge in [0.15, 0.2) is 11.0 Å². The van der Waals surface area contributed by atoms with E-state index >= 15 is 0 Å². The van der Waals surface area contributed by atoms with Crippen LogP contribution in [-0.2, 0) is 10.3 Å². The molecule has 0 radical (unpaired) electrons. The van der Waals surface area contributed by atoms with Gasteiger partial charge in [0.25, 0.3) is 5.89 Å². The van der Waals surface area contributed by atoms with Crippen LogP contribution in [0.25, 0.3) is 12.2 Å². The first-order chi connectivity index (χ1) is 13.5. The SMILES string of the molecule is CC(=O)N(c1ccccc1)c1nc(/C=C/c2nc(C3(N)CCCC3)no2)cs1. The van der Waals surface area contributed by atoms with Crippen molar-refractivity contribution in [3.05, 3.63) is 53.1 Å². The molecule has 2 aromatic heterocycles. The second-order valence-corrected chi connectivity index (χ2v) is 7.73. The van der Waals surface area contributed by atoms with Gasteiger partial charge in [0.2, 0.25) is 5.91 Å². The van der Waals surface area contributed by atoms with Gasteiger partial charge in [0, 0.05) is 18.4 Å². The molecule has 0 atom stereocenters. The molecule has 0 spiro atoms. The minimum Gasteiger partial charge on any atom is -0.335 e. The van der Waals surface area contributed by atoms with Crippen LogP contribution in [0.3, 0.4) is 0 Å². The zero-order valence-electron chi connectivity index (χ0n) is 15.5. The number of nitrogens with zero attached hydrogens (tertiary/aromatic N) is 4. The third-order valence-corrected chi connectivity index (χ3v) is 5.65. The van der Waals surface area contributed by atoms with Crippen molar-refractivity contribution >= 4 is 40.2 Å². The molecular weight excluding hydrogens is 374 g/mol. The topological polar surface area (TPSA) is 98.1 Å². The van der Waals surface area contributed by atoms with Gasteiger partial charge < -0.3 is 10.3 Å². The van der Waals surface area contributed by atoms with Crippen molar-refractivity contribution < 1.29 is 9.32 Å². The van der Waals surface area contributed by atoms with Crippen LogP contribution >= 0.6 is 11.3 Å². The second-order valence-electron chi connectivity index (χ2n) is 6.90. The highest BCUT2D eigenvalue weighted by Gasteiger charge is 2.35. The monoisotopic (exact) mass is 395 g/mol. The summed E-state index contributed by atoms with van der Waals surface area (Å²) in [5.41, 5.74) is 7.39. The molecule has 1 aliphatic carbocycles. The Morgan fingerprint density at radius 1 is 1.21 bits per heavy atom. The average Bonchev–Trinajstić information content (AvgIpc) is 3.42. The van der Waals surface area contributed by atoms with E-state index in [0.717, 1.165) is 31.4 Å². The molecule has 0 bridgehead atoms. The van der Waals surface area contributed by atoms with Gasteiger partial charge in [-0.1, -0.05) is 36.2 Å². The fourth-order valence-corrected chi connectivity index (χ4v) is 4.21. The zero-order valence-corrected chi connectivity index (χ0v) is 16.4. The molecule has 0 saturated heterocycles. The third kappa shape index (κ3) is 3.74. The maximum Gasteiger partial charge on any atom is 0.250 e. The minimum atomic E-state index is -0.471. The highest BCUT2D eigenvalue weighted by Crippen LogP contribution is 2.34. The number of aromatic nitrogens is 3. The smallest absolute Gasteiger partial charge is 0.250 e. The van der Waals surface area contributed by atoms with E-state index in [4.69, 9.17) is 10.3 Å². The molecule has 1 amide bonds. The number of hydrogen-bond acceptors (Lipinski definition) is 7. The Hall–Kier alpha value is -2.84. The summed E-state index contributed by atoms with van der Waals surface area (Å²) >= 11 is 1.40. The van der Waals surface area contributed by atoms with Crippen LogP contribution in [-0.4, -0.2) is 21.0 Å². The van der Waals surface area contributed by atoms with Crippen molar-refractivity contribution in [2.24, 2.45) is 5.73 Å². The molecule has 1 aromatic carbocycles. The highest BCUT2D eigenvalue weighted by molar-refractivity contribution is 7.14. The van der Waals surface area contributed by atoms with E-state index in [0.29, 0.717) is 22.5 Å². The summed E-state index contributed by atoms with van der Waals surface area (Å²) in [6.07, 6.45) is 7.45. The van der Waals surface area contributed by atoms with Crippen LogP contribution in [0.5, 0.6) is 0 Å². The predicted molar refractivity (Wildman–Crippen MR) is 109 cm³/mol. The Labute approximate surface area is 166 Å². The van der Waals surface area contributed by atoms with Crippen LogP contribution in [0.15, 0.2) is 40.2 Å². The fourth-order valence-electron chi connectivity index (χ4n) is 3.35. The van der Waals surface area contributed by atoms with Gasteiger partial charge in [-0.05, 0) is 31.1 Å². The summed E-state index contributed by atoms with van der Waals surface area (Å²) in [7, 11) is 0. The zero-order chi connectivity index (χ0) is 19.6. The summed E-state index contributed by atoms with van der Waals surface area (Å²) in [6, 6.07) is 9.45. The van der Waals surface area contributed by atoms with E-state index in [1.54, 1.807) is 17.1 Å². The fraction of sp³-hybridized carbons (Fsp3) is 0.300. The van der Waals surface area contributed by atoms with Crippen molar-refractivity contribution in [1.82, 2.24) is 15.1 Å². The number of amides is 1. The van der Waals surface area contributed by atoms with E-state index in [2.05, 4.69) is 15.1 Å². The molecule has 4 rings (SSSR count). The summed E-state index contributed by atoms with van der Waals surface area (Å²) < 4.78 is 5.31. The average molecular weight is 395 g/mol. The van der Waals surface area contributed by atoms with Gasteiger partial charge in [-0.2, -0.15) is 4.98 Å². The lowest BCUT2D eigenvalue weighted by atomic mass is 9.99. The van der Waals surface area contributed by atoms with Crippen molar-refractivity contribution in [1.29, 1.82) is 0 Å². The number of hydrogen-bond donors (Lipinski definition) is 1. The van der Waals surface area contributed by atoms with E-state index in [-0.39, 0.29) is 5.91 Å². The van der Waals surface area contributed by atoms with Gasteiger partial charge in [0.1, 0.15) is 0 Å². The van der Waals surface area contributed by atoms with Crippen LogP contribution in [0.2, 0.25) is 0 Å². The number of benzene rings is 1. The summed E-state index contributed by atoms with van der Waals surface area (Å²) in [6.45, 7) is 1.52. The molecule has 1 aliphatic rings. The Morgan fingerprint density at radius 3 is 2.68 bits per heavy atom. The lowest BCUT2D eigenvalue weighted by Crippen LogP contribution is -2.34. The molecule has 3 aromatic rings. The lowest BCUT2D eigenvalue weighted by Gasteiger charge is -2.17. The molecule has 0 aliphatic heterocycles. The van der Waals surface area contributed by atoms with Crippen molar-refractivity contribution in [2.75, 3.05) is 4.90 Å². The normalized spacial score (nSPS) is 15.9. The van der Waals surface area contributed by atoms with Crippen LogP contribution in [0, 0.1) is 0 Å². The standard InChI is InChI=1S/C20H21N5O2S/c1-14(26)25(16-7-3-2-4-8-16)19-22-15(13-28-19)9-10-17-23-18(24-27-17)20(21)11-5-6-12-20/h2-4,7-10,13H,5-6,11-12,21H2,1H3/b10-9+. The Balaban J connectivity index is 1.52. The Bertz CT molecular complexity index is 989. The molecule has 7 nitrogen and oxygen atoms in total. The van der Waals surface area contributed by atoms with Crippen molar-refractivity contribution in [2.45, 2.75) is 38.1 Å². The Morgan fingerprint density at radius 2 is 1.96 bits per heavy atom. The third-order valence-electron chi connectivity index (χ3n) is 4.81. The van der Waals surface area contributed by atoms with Gasteiger partial charge in [-0.15, -0.1) is 11.3 Å². The van der Waals surface area contributed by atoms with E-state index in [1.165, 1.54) is 18.3 Å². The summed E-state index contributed by atoms with van der Waals surface area (Å²) in [4.78, 5) is 22.7. The molecule has 144 valence electrons. The molecule has 2 heterocycles. The number of thiazole rings is 1. The van der Waals surface area contributed by atoms with E-state index in [9.17, 15) is 4.79 Å². The first-order valence-corrected chi connectivity index (χ1v) is 10.1. The molecule has 8 heteroatoms. The first kappa shape index (κ1) is 18.5. The van der Waals surface area contributed by atoms with Gasteiger partial charge in [-0.3, -0.25) is 9.69 Å². The molecule has 1 fully saturated rings. The molecular formula is C20H21N5O2S. The van der Waals surface area contributed by atoms with Crippen LogP contribution in [0.1, 0.15) is 50.0 Å². The van der Waals surface area contributed by atoms with E-state index in [1.807, 2.05) is 35.7 Å². The lowest BCUT2D eigenvalue weighted by molar-refractivity contribution is -0.115. The highest BCUT2D eigenvalue weighted by atomic mass is 32.1. The second kappa shape index (κ2) is 7.65. The number of rotatable bonds is 5. The van der Waals surface area contributed by atoms with Crippen molar-refractivity contribution in [3.63, 3.8) is 0 Å². The molecule has 0 unspecified atom stereocenters. The molecule has 1 saturated carbocycles. The van der Waals surface area contributed by atoms with Gasteiger partial charge >= 0.3 is 0 Å². The number of anilines is 2. The quantitative estimate of drug-likeness (QED) is 0.698. The molecule has 28 heavy (non-hydrogen) atoms. The van der Waals surface area contributed by atoms with E-state index < -0.39 is 5.54 Å². The predicted octanol–water partition coefficient (Wildman–Crippen LogP) is 4.11. The first-order valence-electron chi connectivity index (χ1n) is 9.18. The number of carbonyl (C=O) groups is 1. The maximum absolute atomic E-state index is 12.1. The van der Waals surface area contributed by atoms with Gasteiger partial charge in [0.05, 0.1) is 16.9 Å². The number of para-hydroxylation sites is 1. The molecule has 2 N–H and O–H groups in total. The van der Waals surface area contributed by atoms with Crippen LogP contribution < -0.4 is 10.6 Å². The summed E-state index contributed by atoms with van der Waals surface area (Å²) in [5.74, 6) is 0.866. The van der Waals surface area contributed by atoms with Crippen molar-refractivity contribution in [3.8, 4) is 0 Å². The van der Waals surface area contributed by atoms with Crippen LogP contribution in [0.4, 0.5) is 10.8 Å². The minimum absolute atomic E-state index is 0.0950.